The molecule has 78 valence electrons. The van der Waals surface area contributed by atoms with Gasteiger partial charge in [0, 0.05) is 12.4 Å². The van der Waals surface area contributed by atoms with E-state index in [-0.39, 0.29) is 0 Å². The summed E-state index contributed by atoms with van der Waals surface area (Å²) < 4.78 is 5.19. The average Bonchev–Trinajstić information content (AvgIpc) is 2.21. The third kappa shape index (κ3) is 4.39. The number of alkyl halides is 1. The van der Waals surface area contributed by atoms with Crippen molar-refractivity contribution in [3.8, 4) is 0 Å². The first-order chi connectivity index (χ1) is 6.83. The van der Waals surface area contributed by atoms with Gasteiger partial charge in [-0.3, -0.25) is 0 Å². The van der Waals surface area contributed by atoms with Crippen molar-refractivity contribution in [2.75, 3.05) is 31.0 Å². The fourth-order valence-corrected chi connectivity index (χ4v) is 1.01. The molecule has 0 aliphatic rings. The fraction of sp³-hybridized carbons (Fsp3) is 0.556. The normalized spacial score (nSPS) is 10.1. The van der Waals surface area contributed by atoms with Crippen LogP contribution in [0.3, 0.4) is 0 Å². The SMILES string of the molecule is Cc1ccc(NCCOCCCl)nn1. The van der Waals surface area contributed by atoms with Gasteiger partial charge in [-0.2, -0.15) is 5.10 Å². The van der Waals surface area contributed by atoms with Crippen LogP contribution in [0.15, 0.2) is 12.1 Å². The zero-order chi connectivity index (χ0) is 10.2. The number of ether oxygens (including phenoxy) is 1. The summed E-state index contributed by atoms with van der Waals surface area (Å²) in [7, 11) is 0. The molecule has 0 aliphatic heterocycles. The van der Waals surface area contributed by atoms with Gasteiger partial charge in [0.15, 0.2) is 0 Å². The molecule has 0 bridgehead atoms. The highest BCUT2D eigenvalue weighted by Gasteiger charge is 1.93. The van der Waals surface area contributed by atoms with E-state index in [4.69, 9.17) is 16.3 Å². The predicted molar refractivity (Wildman–Crippen MR) is 56.8 cm³/mol. The van der Waals surface area contributed by atoms with Crippen molar-refractivity contribution in [3.63, 3.8) is 0 Å². The Morgan fingerprint density at radius 3 is 2.86 bits per heavy atom. The van der Waals surface area contributed by atoms with Crippen molar-refractivity contribution in [2.45, 2.75) is 6.92 Å². The maximum Gasteiger partial charge on any atom is 0.148 e. The molecule has 14 heavy (non-hydrogen) atoms. The molecule has 0 saturated heterocycles. The van der Waals surface area contributed by atoms with E-state index in [1.165, 1.54) is 0 Å². The van der Waals surface area contributed by atoms with Crippen LogP contribution in [0.4, 0.5) is 5.82 Å². The van der Waals surface area contributed by atoms with Gasteiger partial charge in [-0.15, -0.1) is 16.7 Å². The van der Waals surface area contributed by atoms with Crippen LogP contribution >= 0.6 is 11.6 Å². The van der Waals surface area contributed by atoms with Gasteiger partial charge >= 0.3 is 0 Å². The molecule has 0 saturated carbocycles. The number of aromatic nitrogens is 2. The second kappa shape index (κ2) is 6.56. The van der Waals surface area contributed by atoms with Crippen LogP contribution < -0.4 is 5.32 Å². The van der Waals surface area contributed by atoms with E-state index >= 15 is 0 Å². The van der Waals surface area contributed by atoms with Gasteiger partial charge in [0.2, 0.25) is 0 Å². The molecule has 1 heterocycles. The van der Waals surface area contributed by atoms with Gasteiger partial charge in [0.25, 0.3) is 0 Å². The lowest BCUT2D eigenvalue weighted by molar-refractivity contribution is 0.160. The summed E-state index contributed by atoms with van der Waals surface area (Å²) in [6, 6.07) is 3.80. The molecule has 0 spiro atoms. The van der Waals surface area contributed by atoms with Gasteiger partial charge in [-0.25, -0.2) is 0 Å². The molecule has 5 heteroatoms. The van der Waals surface area contributed by atoms with E-state index in [9.17, 15) is 0 Å². The molecule has 0 radical (unpaired) electrons. The summed E-state index contributed by atoms with van der Waals surface area (Å²) in [6.07, 6.45) is 0. The van der Waals surface area contributed by atoms with E-state index < -0.39 is 0 Å². The minimum Gasteiger partial charge on any atom is -0.378 e. The first-order valence-corrected chi connectivity index (χ1v) is 5.04. The van der Waals surface area contributed by atoms with Crippen molar-refractivity contribution in [3.05, 3.63) is 17.8 Å². The average molecular weight is 216 g/mol. The van der Waals surface area contributed by atoms with E-state index in [0.29, 0.717) is 25.6 Å². The Balaban J connectivity index is 2.15. The molecule has 1 N–H and O–H groups in total. The number of anilines is 1. The number of nitrogens with one attached hydrogen (secondary N) is 1. The van der Waals surface area contributed by atoms with Gasteiger partial charge in [-0.05, 0) is 19.1 Å². The van der Waals surface area contributed by atoms with Crippen LogP contribution in [-0.4, -0.2) is 35.8 Å². The Labute approximate surface area is 88.6 Å². The van der Waals surface area contributed by atoms with Gasteiger partial charge in [-0.1, -0.05) is 0 Å². The van der Waals surface area contributed by atoms with Crippen LogP contribution in [0.25, 0.3) is 0 Å². The maximum atomic E-state index is 5.45. The molecule has 4 nitrogen and oxygen atoms in total. The Kier molecular flexibility index (Phi) is 5.25. The molecule has 0 fully saturated rings. The third-order valence-corrected chi connectivity index (χ3v) is 1.73. The summed E-state index contributed by atoms with van der Waals surface area (Å²) in [6.45, 7) is 3.83. The standard InChI is InChI=1S/C9H14ClN3O/c1-8-2-3-9(13-12-8)11-5-7-14-6-4-10/h2-3H,4-7H2,1H3,(H,11,13). The highest BCUT2D eigenvalue weighted by molar-refractivity contribution is 6.17. The van der Waals surface area contributed by atoms with Crippen molar-refractivity contribution in [2.24, 2.45) is 0 Å². The number of hydrogen-bond donors (Lipinski definition) is 1. The lowest BCUT2D eigenvalue weighted by Gasteiger charge is -2.04. The van der Waals surface area contributed by atoms with Crippen molar-refractivity contribution < 1.29 is 4.74 Å². The first kappa shape index (κ1) is 11.2. The summed E-state index contributed by atoms with van der Waals surface area (Å²) in [5.41, 5.74) is 0.911. The summed E-state index contributed by atoms with van der Waals surface area (Å²) in [5.74, 6) is 1.30. The topological polar surface area (TPSA) is 47.0 Å². The smallest absolute Gasteiger partial charge is 0.148 e. The number of hydrogen-bond acceptors (Lipinski definition) is 4. The van der Waals surface area contributed by atoms with Gasteiger partial charge in [0.1, 0.15) is 5.82 Å². The van der Waals surface area contributed by atoms with E-state index in [1.54, 1.807) is 0 Å². The van der Waals surface area contributed by atoms with Crippen molar-refractivity contribution in [1.82, 2.24) is 10.2 Å². The molecule has 0 aliphatic carbocycles. The molecule has 0 aromatic carbocycles. The number of halogens is 1. The van der Waals surface area contributed by atoms with Gasteiger partial charge in [0.05, 0.1) is 18.9 Å². The maximum absolute atomic E-state index is 5.45. The van der Waals surface area contributed by atoms with Crippen LogP contribution in [-0.2, 0) is 4.74 Å². The van der Waals surface area contributed by atoms with Gasteiger partial charge < -0.3 is 10.1 Å². The van der Waals surface area contributed by atoms with Crippen LogP contribution in [0.2, 0.25) is 0 Å². The van der Waals surface area contributed by atoms with E-state index in [0.717, 1.165) is 11.5 Å². The van der Waals surface area contributed by atoms with Crippen LogP contribution in [0.1, 0.15) is 5.69 Å². The number of nitrogens with zero attached hydrogens (tertiary/aromatic N) is 2. The highest BCUT2D eigenvalue weighted by atomic mass is 35.5. The monoisotopic (exact) mass is 215 g/mol. The lowest BCUT2D eigenvalue weighted by Crippen LogP contribution is -2.11. The summed E-state index contributed by atoms with van der Waals surface area (Å²) >= 11 is 5.45. The first-order valence-electron chi connectivity index (χ1n) is 4.51. The minimum absolute atomic E-state index is 0.532. The quantitative estimate of drug-likeness (QED) is 0.577. The molecular weight excluding hydrogens is 202 g/mol. The highest BCUT2D eigenvalue weighted by Crippen LogP contribution is 1.99. The summed E-state index contributed by atoms with van der Waals surface area (Å²) in [5, 5.41) is 11.0. The minimum atomic E-state index is 0.532. The second-order valence-electron chi connectivity index (χ2n) is 2.79. The van der Waals surface area contributed by atoms with Crippen molar-refractivity contribution in [1.29, 1.82) is 0 Å². The zero-order valence-corrected chi connectivity index (χ0v) is 8.92. The Morgan fingerprint density at radius 2 is 2.21 bits per heavy atom. The Morgan fingerprint density at radius 1 is 1.36 bits per heavy atom. The molecule has 1 aromatic heterocycles. The molecule has 0 atom stereocenters. The Bertz CT molecular complexity index is 253. The Hall–Kier alpha value is -0.870. The summed E-state index contributed by atoms with van der Waals surface area (Å²) in [4.78, 5) is 0. The fourth-order valence-electron chi connectivity index (χ4n) is 0.901. The predicted octanol–water partition coefficient (Wildman–Crippen LogP) is 1.45. The zero-order valence-electron chi connectivity index (χ0n) is 8.16. The third-order valence-electron chi connectivity index (χ3n) is 1.57. The molecule has 1 rings (SSSR count). The number of aryl methyl sites for hydroxylation is 1. The molecule has 1 aromatic rings. The van der Waals surface area contributed by atoms with Crippen LogP contribution in [0, 0.1) is 6.92 Å². The number of rotatable bonds is 6. The largest absolute Gasteiger partial charge is 0.378 e. The van der Waals surface area contributed by atoms with Crippen LogP contribution in [0.5, 0.6) is 0 Å². The van der Waals surface area contributed by atoms with E-state index in [2.05, 4.69) is 15.5 Å². The lowest BCUT2D eigenvalue weighted by atomic mass is 10.4. The molecule has 0 unspecified atom stereocenters. The van der Waals surface area contributed by atoms with E-state index in [1.807, 2.05) is 19.1 Å². The second-order valence-corrected chi connectivity index (χ2v) is 3.17. The van der Waals surface area contributed by atoms with Crippen molar-refractivity contribution >= 4 is 17.4 Å². The molecular formula is C9H14ClN3O. The molecule has 0 amide bonds.